The van der Waals surface area contributed by atoms with E-state index in [2.05, 4.69) is 9.88 Å². The highest BCUT2D eigenvalue weighted by atomic mass is 32.2. The molecule has 2 aromatic carbocycles. The summed E-state index contributed by atoms with van der Waals surface area (Å²) in [5.41, 5.74) is 4.30. The number of aryl methyl sites for hydroxylation is 2. The van der Waals surface area contributed by atoms with Crippen molar-refractivity contribution in [2.45, 2.75) is 26.3 Å². The predicted molar refractivity (Wildman–Crippen MR) is 113 cm³/mol. The first-order valence-electron chi connectivity index (χ1n) is 9.37. The smallest absolute Gasteiger partial charge is 0.264 e. The summed E-state index contributed by atoms with van der Waals surface area (Å²) in [7, 11) is -4.12. The van der Waals surface area contributed by atoms with Gasteiger partial charge in [0.05, 0.1) is 28.9 Å². The molecule has 1 aromatic heterocycles. The molecule has 0 bridgehead atoms. The van der Waals surface area contributed by atoms with Gasteiger partial charge in [-0.05, 0) is 62.2 Å². The van der Waals surface area contributed by atoms with E-state index in [0.29, 0.717) is 11.5 Å². The summed E-state index contributed by atoms with van der Waals surface area (Å²) in [6.07, 6.45) is 0.178. The van der Waals surface area contributed by atoms with Gasteiger partial charge in [0.25, 0.3) is 10.1 Å². The Bertz CT molecular complexity index is 1160. The summed E-state index contributed by atoms with van der Waals surface area (Å²) in [6.45, 7) is 3.89. The van der Waals surface area contributed by atoms with Crippen molar-refractivity contribution in [3.63, 3.8) is 0 Å². The molecular formula is C22H22N2O4S. The van der Waals surface area contributed by atoms with E-state index in [1.165, 1.54) is 0 Å². The third kappa shape index (κ3) is 4.11. The molecule has 0 radical (unpaired) electrons. The Labute approximate surface area is 170 Å². The van der Waals surface area contributed by atoms with Gasteiger partial charge >= 0.3 is 0 Å². The van der Waals surface area contributed by atoms with Crippen LogP contribution >= 0.6 is 0 Å². The van der Waals surface area contributed by atoms with Crippen LogP contribution in [0.2, 0.25) is 0 Å². The van der Waals surface area contributed by atoms with Crippen molar-refractivity contribution in [1.29, 1.82) is 0 Å². The second-order valence-corrected chi connectivity index (χ2v) is 8.78. The van der Waals surface area contributed by atoms with E-state index in [9.17, 15) is 13.0 Å². The Morgan fingerprint density at radius 2 is 1.76 bits per heavy atom. The molecule has 29 heavy (non-hydrogen) atoms. The highest BCUT2D eigenvalue weighted by Crippen LogP contribution is 2.51. The number of nitrogens with zero attached hydrogens (tertiary/aromatic N) is 2. The molecule has 0 saturated carbocycles. The van der Waals surface area contributed by atoms with Crippen molar-refractivity contribution < 1.29 is 17.7 Å². The van der Waals surface area contributed by atoms with Crippen molar-refractivity contribution in [2.24, 2.45) is 0 Å². The lowest BCUT2D eigenvalue weighted by molar-refractivity contribution is 0.460. The zero-order valence-corrected chi connectivity index (χ0v) is 17.1. The first-order valence-corrected chi connectivity index (χ1v) is 11.0. The summed E-state index contributed by atoms with van der Waals surface area (Å²) in [4.78, 5) is 6.72. The van der Waals surface area contributed by atoms with Gasteiger partial charge in [-0.3, -0.25) is 9.54 Å². The second-order valence-electron chi connectivity index (χ2n) is 7.21. The topological polar surface area (TPSA) is 79.7 Å². The second kappa shape index (κ2) is 7.50. The summed E-state index contributed by atoms with van der Waals surface area (Å²) >= 11 is 0. The number of pyridine rings is 1. The average molecular weight is 410 g/mol. The molecule has 150 valence electrons. The molecule has 2 heterocycles. The number of hydrogen-bond acceptors (Lipinski definition) is 5. The molecule has 1 aliphatic heterocycles. The van der Waals surface area contributed by atoms with Crippen LogP contribution in [0.1, 0.15) is 29.4 Å². The number of ether oxygens (including phenoxy) is 1. The summed E-state index contributed by atoms with van der Waals surface area (Å²) in [5.74, 6) is 1.01. The van der Waals surface area contributed by atoms with Gasteiger partial charge in [0.2, 0.25) is 0 Å². The molecule has 6 nitrogen and oxygen atoms in total. The van der Waals surface area contributed by atoms with E-state index >= 15 is 0 Å². The highest BCUT2D eigenvalue weighted by molar-refractivity contribution is 7.85. The first-order chi connectivity index (χ1) is 13.8. The summed E-state index contributed by atoms with van der Waals surface area (Å²) < 4.78 is 38.6. The summed E-state index contributed by atoms with van der Waals surface area (Å²) in [5, 5.41) is 0. The van der Waals surface area contributed by atoms with Crippen LogP contribution in [-0.2, 0) is 10.1 Å². The van der Waals surface area contributed by atoms with E-state index in [1.54, 1.807) is 0 Å². The minimum atomic E-state index is -4.12. The number of fused-ring (bicyclic) bond motifs is 2. The molecule has 0 saturated heterocycles. The van der Waals surface area contributed by atoms with Gasteiger partial charge in [0.1, 0.15) is 0 Å². The number of hydrogen-bond donors (Lipinski definition) is 1. The van der Waals surface area contributed by atoms with Gasteiger partial charge in [-0.2, -0.15) is 8.42 Å². The molecule has 1 unspecified atom stereocenters. The maximum Gasteiger partial charge on any atom is 0.264 e. The minimum Gasteiger partial charge on any atom is -0.453 e. The zero-order chi connectivity index (χ0) is 20.6. The fraction of sp³-hybridized carbons (Fsp3) is 0.227. The van der Waals surface area contributed by atoms with Crippen molar-refractivity contribution in [3.8, 4) is 11.5 Å². The monoisotopic (exact) mass is 410 g/mol. The Morgan fingerprint density at radius 3 is 2.52 bits per heavy atom. The maximum absolute atomic E-state index is 11.6. The van der Waals surface area contributed by atoms with E-state index in [-0.39, 0.29) is 12.2 Å². The predicted octanol–water partition coefficient (Wildman–Crippen LogP) is 4.96. The van der Waals surface area contributed by atoms with E-state index in [0.717, 1.165) is 28.3 Å². The third-order valence-corrected chi connectivity index (χ3v) is 5.68. The van der Waals surface area contributed by atoms with Crippen LogP contribution in [0.5, 0.6) is 11.5 Å². The van der Waals surface area contributed by atoms with E-state index in [1.807, 2.05) is 74.5 Å². The number of benzene rings is 2. The largest absolute Gasteiger partial charge is 0.453 e. The maximum atomic E-state index is 11.6. The lowest BCUT2D eigenvalue weighted by Gasteiger charge is -2.38. The molecule has 1 aliphatic rings. The molecule has 1 N–H and O–H groups in total. The van der Waals surface area contributed by atoms with Crippen LogP contribution in [0.4, 0.5) is 11.4 Å². The Morgan fingerprint density at radius 1 is 1.00 bits per heavy atom. The molecule has 0 amide bonds. The molecule has 4 rings (SSSR count). The van der Waals surface area contributed by atoms with Crippen molar-refractivity contribution >= 4 is 21.5 Å². The Hall–Kier alpha value is -2.90. The van der Waals surface area contributed by atoms with Gasteiger partial charge in [0, 0.05) is 5.69 Å². The minimum absolute atomic E-state index is 0.178. The normalized spacial score (nSPS) is 14.0. The Balaban J connectivity index is 1.90. The fourth-order valence-corrected chi connectivity index (χ4v) is 4.17. The molecule has 0 aliphatic carbocycles. The van der Waals surface area contributed by atoms with E-state index in [4.69, 9.17) is 4.74 Å². The number of anilines is 2. The standard InChI is InChI=1S/C22H22N2O4S/c1-15-10-11-22-20(14-15)24(19-8-3-4-9-21(19)28-22)18(12-13-29(25,26)27)17-7-5-6-16(2)23-17/h3-11,14,18H,12-13H2,1-2H3,(H,25,26,27). The molecule has 1 atom stereocenters. The lowest BCUT2D eigenvalue weighted by atomic mass is 10.0. The van der Waals surface area contributed by atoms with Gasteiger partial charge < -0.3 is 9.64 Å². The van der Waals surface area contributed by atoms with Crippen LogP contribution in [0.3, 0.4) is 0 Å². The molecular weight excluding hydrogens is 388 g/mol. The molecule has 0 spiro atoms. The zero-order valence-electron chi connectivity index (χ0n) is 16.2. The van der Waals surface area contributed by atoms with Crippen molar-refractivity contribution in [3.05, 3.63) is 77.6 Å². The lowest BCUT2D eigenvalue weighted by Crippen LogP contribution is -2.29. The van der Waals surface area contributed by atoms with Crippen LogP contribution in [0, 0.1) is 13.8 Å². The number of rotatable bonds is 5. The quantitative estimate of drug-likeness (QED) is 0.599. The van der Waals surface area contributed by atoms with Crippen LogP contribution in [0.25, 0.3) is 0 Å². The van der Waals surface area contributed by atoms with Crippen molar-refractivity contribution in [2.75, 3.05) is 10.7 Å². The van der Waals surface area contributed by atoms with Crippen LogP contribution < -0.4 is 9.64 Å². The molecule has 7 heteroatoms. The average Bonchev–Trinajstić information content (AvgIpc) is 2.67. The highest BCUT2D eigenvalue weighted by Gasteiger charge is 2.32. The SMILES string of the molecule is Cc1ccc2c(c1)N(C(CCS(=O)(=O)O)c1cccc(C)n1)c1ccccc1O2. The fourth-order valence-electron chi connectivity index (χ4n) is 3.65. The van der Waals surface area contributed by atoms with Crippen LogP contribution in [0.15, 0.2) is 60.7 Å². The van der Waals surface area contributed by atoms with Crippen LogP contribution in [-0.4, -0.2) is 23.7 Å². The molecule has 0 fully saturated rings. The molecule has 3 aromatic rings. The van der Waals surface area contributed by atoms with Gasteiger partial charge in [-0.1, -0.05) is 24.3 Å². The Kier molecular flexibility index (Phi) is 5.02. The van der Waals surface area contributed by atoms with Gasteiger partial charge in [-0.25, -0.2) is 0 Å². The summed E-state index contributed by atoms with van der Waals surface area (Å²) in [6, 6.07) is 18.8. The van der Waals surface area contributed by atoms with E-state index < -0.39 is 16.2 Å². The number of para-hydroxylation sites is 2. The van der Waals surface area contributed by atoms with Gasteiger partial charge in [-0.15, -0.1) is 0 Å². The van der Waals surface area contributed by atoms with Crippen molar-refractivity contribution in [1.82, 2.24) is 4.98 Å². The third-order valence-electron chi connectivity index (χ3n) is 4.93. The first kappa shape index (κ1) is 19.4. The number of aromatic nitrogens is 1. The van der Waals surface area contributed by atoms with Gasteiger partial charge in [0.15, 0.2) is 11.5 Å².